The molecule has 0 saturated carbocycles. The Bertz CT molecular complexity index is 1220. The van der Waals surface area contributed by atoms with E-state index in [2.05, 4.69) is 20.8 Å². The smallest absolute Gasteiger partial charge is 0.300 e. The van der Waals surface area contributed by atoms with Gasteiger partial charge in [0.15, 0.2) is 0 Å². The number of aliphatic hydroxyl groups is 1. The number of ketones is 1. The Morgan fingerprint density at radius 2 is 1.52 bits per heavy atom. The third-order valence-corrected chi connectivity index (χ3v) is 5.91. The quantitative estimate of drug-likeness (QED) is 0.324. The number of Topliss-reactive ketones (excluding diaryl/α,β-unsaturated/α-hetero) is 1. The van der Waals surface area contributed by atoms with Crippen LogP contribution in [0.25, 0.3) is 5.76 Å². The van der Waals surface area contributed by atoms with Crippen molar-refractivity contribution >= 4 is 23.1 Å². The van der Waals surface area contributed by atoms with Gasteiger partial charge in [0.2, 0.25) is 0 Å². The number of amides is 1. The van der Waals surface area contributed by atoms with Crippen LogP contribution in [0, 0.1) is 0 Å². The Labute approximate surface area is 193 Å². The van der Waals surface area contributed by atoms with E-state index in [-0.39, 0.29) is 16.7 Å². The molecular formula is C28H27NO4. The van der Waals surface area contributed by atoms with Gasteiger partial charge in [-0.3, -0.25) is 14.5 Å². The van der Waals surface area contributed by atoms with Crippen LogP contribution in [-0.4, -0.2) is 23.9 Å². The molecule has 0 aromatic heterocycles. The lowest BCUT2D eigenvalue weighted by Crippen LogP contribution is -2.29. The van der Waals surface area contributed by atoms with Crippen molar-refractivity contribution in [3.05, 3.63) is 101 Å². The topological polar surface area (TPSA) is 66.8 Å². The molecule has 1 aliphatic heterocycles. The molecular weight excluding hydrogens is 414 g/mol. The molecule has 5 nitrogen and oxygen atoms in total. The summed E-state index contributed by atoms with van der Waals surface area (Å²) in [5.41, 5.74) is 2.53. The van der Waals surface area contributed by atoms with Gasteiger partial charge in [-0.1, -0.05) is 75.4 Å². The van der Waals surface area contributed by atoms with E-state index in [0.717, 1.165) is 11.1 Å². The van der Waals surface area contributed by atoms with Crippen LogP contribution in [0.5, 0.6) is 5.75 Å². The normalized spacial score (nSPS) is 17.9. The third-order valence-electron chi connectivity index (χ3n) is 5.91. The Morgan fingerprint density at radius 1 is 0.909 bits per heavy atom. The molecule has 0 aliphatic carbocycles. The fourth-order valence-electron chi connectivity index (χ4n) is 4.14. The first-order valence-electron chi connectivity index (χ1n) is 10.8. The number of carbonyl (C=O) groups excluding carboxylic acids is 2. The molecule has 5 heteroatoms. The zero-order valence-electron chi connectivity index (χ0n) is 19.2. The molecule has 0 radical (unpaired) electrons. The average Bonchev–Trinajstić information content (AvgIpc) is 3.09. The lowest BCUT2D eigenvalue weighted by atomic mass is 9.85. The largest absolute Gasteiger partial charge is 0.507 e. The minimum absolute atomic E-state index is 0.0411. The van der Waals surface area contributed by atoms with Crippen LogP contribution in [0.1, 0.15) is 43.5 Å². The highest BCUT2D eigenvalue weighted by Crippen LogP contribution is 2.43. The number of hydrogen-bond acceptors (Lipinski definition) is 4. The van der Waals surface area contributed by atoms with E-state index in [1.54, 1.807) is 18.2 Å². The van der Waals surface area contributed by atoms with E-state index in [4.69, 9.17) is 4.74 Å². The molecule has 1 unspecified atom stereocenters. The van der Waals surface area contributed by atoms with Crippen LogP contribution in [0.2, 0.25) is 0 Å². The number of hydrogen-bond donors (Lipinski definition) is 1. The van der Waals surface area contributed by atoms with E-state index in [0.29, 0.717) is 17.0 Å². The van der Waals surface area contributed by atoms with E-state index >= 15 is 0 Å². The number of nitrogens with zero attached hydrogens (tertiary/aromatic N) is 1. The number of aliphatic hydroxyl groups excluding tert-OH is 1. The van der Waals surface area contributed by atoms with E-state index in [9.17, 15) is 14.7 Å². The van der Waals surface area contributed by atoms with Gasteiger partial charge in [-0.2, -0.15) is 0 Å². The Morgan fingerprint density at radius 3 is 2.09 bits per heavy atom. The highest BCUT2D eigenvalue weighted by atomic mass is 16.5. The molecule has 1 atom stereocenters. The summed E-state index contributed by atoms with van der Waals surface area (Å²) in [5, 5.41) is 11.5. The minimum Gasteiger partial charge on any atom is -0.507 e. The van der Waals surface area contributed by atoms with Crippen LogP contribution in [-0.2, 0) is 15.0 Å². The van der Waals surface area contributed by atoms with Gasteiger partial charge < -0.3 is 9.84 Å². The van der Waals surface area contributed by atoms with E-state index < -0.39 is 17.7 Å². The molecule has 33 heavy (non-hydrogen) atoms. The van der Waals surface area contributed by atoms with Crippen molar-refractivity contribution in [2.45, 2.75) is 32.2 Å². The second-order valence-corrected chi connectivity index (χ2v) is 9.08. The third kappa shape index (κ3) is 4.02. The lowest BCUT2D eigenvalue weighted by Gasteiger charge is -2.26. The monoisotopic (exact) mass is 441 g/mol. The summed E-state index contributed by atoms with van der Waals surface area (Å²) in [7, 11) is 1.51. The molecule has 3 aromatic rings. The van der Waals surface area contributed by atoms with E-state index in [1.807, 2.05) is 60.7 Å². The van der Waals surface area contributed by atoms with Crippen molar-refractivity contribution in [3.63, 3.8) is 0 Å². The maximum Gasteiger partial charge on any atom is 0.300 e. The van der Waals surface area contributed by atoms with Gasteiger partial charge in [0, 0.05) is 5.69 Å². The number of para-hydroxylation sites is 1. The molecule has 168 valence electrons. The number of carbonyl (C=O) groups is 2. The second-order valence-electron chi connectivity index (χ2n) is 9.08. The van der Waals surface area contributed by atoms with Gasteiger partial charge >= 0.3 is 0 Å². The standard InChI is InChI=1S/C28H27NO4/c1-28(2,3)19-15-16-22(33-4)21(17-19)25(30)23-24(18-11-7-5-8-12-18)29(27(32)26(23)31)20-13-9-6-10-14-20/h5-17,24,30H,1-4H3/b25-23+. The van der Waals surface area contributed by atoms with Crippen LogP contribution in [0.3, 0.4) is 0 Å². The van der Waals surface area contributed by atoms with Gasteiger partial charge in [-0.25, -0.2) is 0 Å². The average molecular weight is 442 g/mol. The van der Waals surface area contributed by atoms with Crippen LogP contribution in [0.15, 0.2) is 84.4 Å². The maximum atomic E-state index is 13.3. The molecule has 3 aromatic carbocycles. The molecule has 0 spiro atoms. The molecule has 1 saturated heterocycles. The predicted molar refractivity (Wildman–Crippen MR) is 129 cm³/mol. The highest BCUT2D eigenvalue weighted by Gasteiger charge is 2.47. The van der Waals surface area contributed by atoms with Crippen molar-refractivity contribution in [3.8, 4) is 5.75 Å². The molecule has 0 bridgehead atoms. The summed E-state index contributed by atoms with van der Waals surface area (Å²) in [6.07, 6.45) is 0. The Kier molecular flexibility index (Phi) is 5.81. The summed E-state index contributed by atoms with van der Waals surface area (Å²) < 4.78 is 5.50. The zero-order chi connectivity index (χ0) is 23.8. The van der Waals surface area contributed by atoms with Gasteiger partial charge in [0.25, 0.3) is 11.7 Å². The SMILES string of the molecule is COc1ccc(C(C)(C)C)cc1/C(O)=C1\C(=O)C(=O)N(c2ccccc2)C1c1ccccc1. The summed E-state index contributed by atoms with van der Waals surface area (Å²) in [6.45, 7) is 6.20. The minimum atomic E-state index is -0.767. The number of anilines is 1. The van der Waals surface area contributed by atoms with Gasteiger partial charge in [0.1, 0.15) is 11.5 Å². The van der Waals surface area contributed by atoms with Gasteiger partial charge in [-0.15, -0.1) is 0 Å². The summed E-state index contributed by atoms with van der Waals surface area (Å²) in [5.74, 6) is -1.22. The van der Waals surface area contributed by atoms with Crippen LogP contribution >= 0.6 is 0 Å². The first-order chi connectivity index (χ1) is 15.7. The molecule has 1 aliphatic rings. The lowest BCUT2D eigenvalue weighted by molar-refractivity contribution is -0.132. The van der Waals surface area contributed by atoms with Crippen LogP contribution < -0.4 is 9.64 Å². The van der Waals surface area contributed by atoms with E-state index in [1.165, 1.54) is 12.0 Å². The summed E-state index contributed by atoms with van der Waals surface area (Å²) >= 11 is 0. The number of methoxy groups -OCH3 is 1. The number of ether oxygens (including phenoxy) is 1. The first kappa shape index (κ1) is 22.3. The van der Waals surface area contributed by atoms with Gasteiger partial charge in [0.05, 0.1) is 24.3 Å². The number of benzene rings is 3. The van der Waals surface area contributed by atoms with Crippen molar-refractivity contribution in [2.24, 2.45) is 0 Å². The van der Waals surface area contributed by atoms with Crippen molar-refractivity contribution < 1.29 is 19.4 Å². The Balaban J connectivity index is 1.98. The fraction of sp³-hybridized carbons (Fsp3) is 0.214. The van der Waals surface area contributed by atoms with Crippen molar-refractivity contribution in [2.75, 3.05) is 12.0 Å². The predicted octanol–water partition coefficient (Wildman–Crippen LogP) is 5.62. The second kappa shape index (κ2) is 8.58. The fourth-order valence-corrected chi connectivity index (χ4v) is 4.14. The molecule has 1 amide bonds. The van der Waals surface area contributed by atoms with Crippen molar-refractivity contribution in [1.29, 1.82) is 0 Å². The number of rotatable bonds is 4. The van der Waals surface area contributed by atoms with Crippen molar-refractivity contribution in [1.82, 2.24) is 0 Å². The highest BCUT2D eigenvalue weighted by molar-refractivity contribution is 6.51. The summed E-state index contributed by atoms with van der Waals surface area (Å²) in [4.78, 5) is 28.0. The molecule has 1 heterocycles. The Hall–Kier alpha value is -3.86. The molecule has 1 N–H and O–H groups in total. The molecule has 1 fully saturated rings. The van der Waals surface area contributed by atoms with Gasteiger partial charge in [-0.05, 0) is 40.8 Å². The zero-order valence-corrected chi connectivity index (χ0v) is 19.2. The maximum absolute atomic E-state index is 13.3. The first-order valence-corrected chi connectivity index (χ1v) is 10.8. The molecule has 4 rings (SSSR count). The van der Waals surface area contributed by atoms with Crippen LogP contribution in [0.4, 0.5) is 5.69 Å². The summed E-state index contributed by atoms with van der Waals surface area (Å²) in [6, 6.07) is 23.1.